The number of carbonyl (C=O) groups excluding carboxylic acids is 2. The van der Waals surface area contributed by atoms with Crippen LogP contribution in [-0.2, 0) is 14.3 Å². The van der Waals surface area contributed by atoms with E-state index < -0.39 is 11.9 Å². The maximum atomic E-state index is 11.1. The molecule has 0 bridgehead atoms. The summed E-state index contributed by atoms with van der Waals surface area (Å²) in [5.74, 6) is -0.905. The number of allylic oxidation sites excluding steroid dienone is 2. The van der Waals surface area contributed by atoms with Gasteiger partial charge in [-0.3, -0.25) is 9.59 Å². The summed E-state index contributed by atoms with van der Waals surface area (Å²) >= 11 is 0. The Balaban J connectivity index is -0.00000242. The van der Waals surface area contributed by atoms with E-state index in [4.69, 9.17) is 0 Å². The molecule has 0 aromatic rings. The molecule has 0 amide bonds. The molecule has 0 saturated carbocycles. The van der Waals surface area contributed by atoms with E-state index in [1.165, 1.54) is 71.1 Å². The summed E-state index contributed by atoms with van der Waals surface area (Å²) in [6.07, 6.45) is 21.0. The van der Waals surface area contributed by atoms with E-state index in [-0.39, 0.29) is 31.0 Å². The summed E-state index contributed by atoms with van der Waals surface area (Å²) in [5, 5.41) is 0. The normalized spacial score (nSPS) is 10.6. The molecule has 0 N–H and O–H groups in total. The van der Waals surface area contributed by atoms with Crippen molar-refractivity contribution in [3.8, 4) is 0 Å². The van der Waals surface area contributed by atoms with Crippen molar-refractivity contribution in [2.75, 3.05) is 0 Å². The van der Waals surface area contributed by atoms with Gasteiger partial charge in [-0.25, -0.2) is 0 Å². The first-order chi connectivity index (χ1) is 11.2. The van der Waals surface area contributed by atoms with Crippen LogP contribution in [0.5, 0.6) is 0 Å². The van der Waals surface area contributed by atoms with Crippen LogP contribution in [0.2, 0.25) is 0 Å². The number of unbranched alkanes of at least 4 members (excludes halogenated alkanes) is 11. The van der Waals surface area contributed by atoms with Gasteiger partial charge in [0.15, 0.2) is 0 Å². The third kappa shape index (κ3) is 21.9. The molecule has 0 aliphatic heterocycles. The van der Waals surface area contributed by atoms with Gasteiger partial charge in [-0.15, -0.1) is 0 Å². The predicted octanol–water partition coefficient (Wildman–Crippen LogP) is 3.23. The zero-order chi connectivity index (χ0) is 17.2. The fourth-order valence-electron chi connectivity index (χ4n) is 2.55. The monoisotopic (exact) mass is 348 g/mol. The van der Waals surface area contributed by atoms with E-state index in [2.05, 4.69) is 23.8 Å². The largest absolute Gasteiger partial charge is 1.00 e. The van der Waals surface area contributed by atoms with Gasteiger partial charge in [0.2, 0.25) is 0 Å². The SMILES string of the molecule is CCCCCCCC/C=C\CCCCCCCC(=O)OC(C)=O.[H-].[Na+]. The molecule has 0 spiro atoms. The third-order valence-corrected chi connectivity index (χ3v) is 3.90. The van der Waals surface area contributed by atoms with Crippen molar-refractivity contribution in [1.82, 2.24) is 0 Å². The van der Waals surface area contributed by atoms with Gasteiger partial charge < -0.3 is 6.16 Å². The van der Waals surface area contributed by atoms with Crippen LogP contribution in [0.15, 0.2) is 12.2 Å². The Morgan fingerprint density at radius 3 is 1.75 bits per heavy atom. The number of carbonyl (C=O) groups is 2. The maximum absolute atomic E-state index is 11.1. The minimum atomic E-state index is -0.511. The first kappa shape index (κ1) is 26.1. The predicted molar refractivity (Wildman–Crippen MR) is 97.3 cm³/mol. The van der Waals surface area contributed by atoms with Gasteiger partial charge in [0.05, 0.1) is 0 Å². The second kappa shape index (κ2) is 20.9. The van der Waals surface area contributed by atoms with Gasteiger partial charge in [-0.2, -0.15) is 0 Å². The molecule has 0 aromatic carbocycles. The number of ether oxygens (including phenoxy) is 1. The van der Waals surface area contributed by atoms with Crippen LogP contribution >= 0.6 is 0 Å². The molecule has 0 aliphatic carbocycles. The molecular weight excluding hydrogens is 311 g/mol. The molecule has 24 heavy (non-hydrogen) atoms. The second-order valence-electron chi connectivity index (χ2n) is 6.30. The van der Waals surface area contributed by atoms with E-state index >= 15 is 0 Å². The van der Waals surface area contributed by atoms with E-state index in [0.717, 1.165) is 19.3 Å². The Labute approximate surface area is 172 Å². The smallest absolute Gasteiger partial charge is 1.00 e. The van der Waals surface area contributed by atoms with Gasteiger partial charge in [0.1, 0.15) is 0 Å². The Hall–Kier alpha value is -0.120. The third-order valence-electron chi connectivity index (χ3n) is 3.90. The summed E-state index contributed by atoms with van der Waals surface area (Å²) in [5.41, 5.74) is 0. The van der Waals surface area contributed by atoms with Gasteiger partial charge in [0.25, 0.3) is 0 Å². The summed E-state index contributed by atoms with van der Waals surface area (Å²) in [4.78, 5) is 21.7. The number of hydrogen-bond donors (Lipinski definition) is 0. The zero-order valence-corrected chi connectivity index (χ0v) is 18.3. The van der Waals surface area contributed by atoms with E-state index in [1.807, 2.05) is 0 Å². The quantitative estimate of drug-likeness (QED) is 0.150. The van der Waals surface area contributed by atoms with E-state index in [0.29, 0.717) is 6.42 Å². The molecule has 3 nitrogen and oxygen atoms in total. The van der Waals surface area contributed by atoms with Crippen LogP contribution in [0.1, 0.15) is 105 Å². The van der Waals surface area contributed by atoms with Crippen LogP contribution in [0.25, 0.3) is 0 Å². The molecular formula is C20H37NaO3. The van der Waals surface area contributed by atoms with E-state index in [9.17, 15) is 9.59 Å². The molecule has 0 aliphatic rings. The minimum absolute atomic E-state index is 0. The Kier molecular flexibility index (Phi) is 22.8. The summed E-state index contributed by atoms with van der Waals surface area (Å²) < 4.78 is 4.48. The Morgan fingerprint density at radius 2 is 1.25 bits per heavy atom. The molecule has 0 fully saturated rings. The van der Waals surface area contributed by atoms with Gasteiger partial charge in [-0.1, -0.05) is 70.4 Å². The first-order valence-electron chi connectivity index (χ1n) is 9.53. The fraction of sp³-hybridized carbons (Fsp3) is 0.800. The van der Waals surface area contributed by atoms with Crippen molar-refractivity contribution >= 4 is 11.9 Å². The summed E-state index contributed by atoms with van der Waals surface area (Å²) in [6, 6.07) is 0. The van der Waals surface area contributed by atoms with Crippen molar-refractivity contribution < 1.29 is 45.3 Å². The maximum Gasteiger partial charge on any atom is 1.00 e. The first-order valence-corrected chi connectivity index (χ1v) is 9.53. The van der Waals surface area contributed by atoms with Crippen molar-refractivity contribution in [2.45, 2.75) is 104 Å². The van der Waals surface area contributed by atoms with Gasteiger partial charge >= 0.3 is 41.5 Å². The second-order valence-corrected chi connectivity index (χ2v) is 6.30. The zero-order valence-electron chi connectivity index (χ0n) is 17.3. The Bertz CT molecular complexity index is 333. The molecule has 0 rings (SSSR count). The van der Waals surface area contributed by atoms with Crippen molar-refractivity contribution in [2.24, 2.45) is 0 Å². The van der Waals surface area contributed by atoms with Gasteiger partial charge in [0, 0.05) is 13.3 Å². The van der Waals surface area contributed by atoms with Crippen LogP contribution < -0.4 is 29.6 Å². The van der Waals surface area contributed by atoms with Crippen LogP contribution in [-0.4, -0.2) is 11.9 Å². The standard InChI is InChI=1S/C20H36O3.Na.H/c1-3-4-5-6-7-8-9-10-11-12-13-14-15-16-17-18-20(22)23-19(2)21;;/h10-11H,3-9,12-18H2,1-2H3;;/q;+1;-1/b11-10-;;. The topological polar surface area (TPSA) is 43.4 Å². The van der Waals surface area contributed by atoms with E-state index in [1.54, 1.807) is 0 Å². The molecule has 136 valence electrons. The number of rotatable bonds is 15. The van der Waals surface area contributed by atoms with Crippen LogP contribution in [0, 0.1) is 0 Å². The Morgan fingerprint density at radius 1 is 0.792 bits per heavy atom. The minimum Gasteiger partial charge on any atom is -1.00 e. The average Bonchev–Trinajstić information content (AvgIpc) is 2.50. The van der Waals surface area contributed by atoms with Crippen LogP contribution in [0.4, 0.5) is 0 Å². The van der Waals surface area contributed by atoms with Gasteiger partial charge in [-0.05, 0) is 32.1 Å². The van der Waals surface area contributed by atoms with Crippen molar-refractivity contribution in [3.05, 3.63) is 12.2 Å². The molecule has 0 atom stereocenters. The fourth-order valence-corrected chi connectivity index (χ4v) is 2.55. The van der Waals surface area contributed by atoms with Crippen LogP contribution in [0.3, 0.4) is 0 Å². The molecule has 0 saturated heterocycles. The van der Waals surface area contributed by atoms with Crippen molar-refractivity contribution in [3.63, 3.8) is 0 Å². The average molecular weight is 349 g/mol. The molecule has 4 heteroatoms. The summed E-state index contributed by atoms with van der Waals surface area (Å²) in [6.45, 7) is 3.52. The molecule has 0 unspecified atom stereocenters. The molecule has 0 aromatic heterocycles. The summed E-state index contributed by atoms with van der Waals surface area (Å²) in [7, 11) is 0. The number of esters is 2. The molecule has 0 radical (unpaired) electrons. The number of hydrogen-bond acceptors (Lipinski definition) is 3. The van der Waals surface area contributed by atoms with Crippen molar-refractivity contribution in [1.29, 1.82) is 0 Å². The molecule has 0 heterocycles.